The van der Waals surface area contributed by atoms with Gasteiger partial charge >= 0.3 is 5.97 Å². The number of aryl methyl sites for hydroxylation is 2. The largest absolute Gasteiger partial charge is 0.480 e. The molecule has 22 heavy (non-hydrogen) atoms. The first kappa shape index (κ1) is 15.5. The molecule has 1 atom stereocenters. The van der Waals surface area contributed by atoms with Crippen molar-refractivity contribution in [2.75, 3.05) is 0 Å². The molecular formula is C14H16N4O4. The number of nitrogens with zero attached hydrogens (tertiary/aromatic N) is 2. The predicted molar refractivity (Wildman–Crippen MR) is 77.4 cm³/mol. The molecule has 4 N–H and O–H groups in total. The van der Waals surface area contributed by atoms with E-state index < -0.39 is 30.2 Å². The van der Waals surface area contributed by atoms with Crippen molar-refractivity contribution in [1.29, 1.82) is 0 Å². The Balaban J connectivity index is 2.35. The Bertz CT molecular complexity index is 766. The number of nitrogens with one attached hydrogen (secondary N) is 1. The predicted octanol–water partition coefficient (Wildman–Crippen LogP) is 0.00954. The lowest BCUT2D eigenvalue weighted by Gasteiger charge is -2.13. The minimum atomic E-state index is -1.37. The molecule has 0 fully saturated rings. The van der Waals surface area contributed by atoms with Crippen LogP contribution in [0.4, 0.5) is 0 Å². The topological polar surface area (TPSA) is 127 Å². The van der Waals surface area contributed by atoms with E-state index in [0.717, 1.165) is 5.56 Å². The monoisotopic (exact) mass is 304 g/mol. The number of carboxylic acid groups (broad SMARTS) is 1. The van der Waals surface area contributed by atoms with Gasteiger partial charge in [0.1, 0.15) is 17.4 Å². The summed E-state index contributed by atoms with van der Waals surface area (Å²) in [5.74, 6) is -2.75. The second-order valence-corrected chi connectivity index (χ2v) is 5.01. The average Bonchev–Trinajstić information content (AvgIpc) is 2.72. The van der Waals surface area contributed by atoms with Gasteiger partial charge in [-0.2, -0.15) is 0 Å². The molecule has 0 bridgehead atoms. The Hall–Kier alpha value is -2.90. The summed E-state index contributed by atoms with van der Waals surface area (Å²) in [4.78, 5) is 38.6. The summed E-state index contributed by atoms with van der Waals surface area (Å²) < 4.78 is 1.57. The zero-order valence-electron chi connectivity index (χ0n) is 12.2. The molecular weight excluding hydrogens is 288 g/mol. The van der Waals surface area contributed by atoms with Crippen molar-refractivity contribution in [3.63, 3.8) is 0 Å². The second kappa shape index (κ2) is 5.84. The van der Waals surface area contributed by atoms with E-state index in [9.17, 15) is 14.4 Å². The SMILES string of the molecule is Cc1ccn2c(C(=O)NC(CC(N)=O)C(=O)O)c(C)nc2c1. The van der Waals surface area contributed by atoms with Crippen molar-refractivity contribution < 1.29 is 19.5 Å². The van der Waals surface area contributed by atoms with Gasteiger partial charge in [0, 0.05) is 6.20 Å². The third-order valence-electron chi connectivity index (χ3n) is 3.18. The van der Waals surface area contributed by atoms with Crippen molar-refractivity contribution in [2.24, 2.45) is 5.73 Å². The molecule has 1 unspecified atom stereocenters. The summed E-state index contributed by atoms with van der Waals surface area (Å²) in [6.45, 7) is 3.55. The Morgan fingerprint density at radius 2 is 2.09 bits per heavy atom. The maximum atomic E-state index is 12.3. The van der Waals surface area contributed by atoms with E-state index in [1.54, 1.807) is 17.5 Å². The summed E-state index contributed by atoms with van der Waals surface area (Å²) in [6, 6.07) is 2.24. The third kappa shape index (κ3) is 3.05. The van der Waals surface area contributed by atoms with Crippen LogP contribution in [0.5, 0.6) is 0 Å². The van der Waals surface area contributed by atoms with Crippen LogP contribution in [-0.2, 0) is 9.59 Å². The lowest BCUT2D eigenvalue weighted by molar-refractivity contribution is -0.140. The Labute approximate surface area is 125 Å². The fourth-order valence-electron chi connectivity index (χ4n) is 2.17. The number of rotatable bonds is 5. The first-order valence-electron chi connectivity index (χ1n) is 6.57. The van der Waals surface area contributed by atoms with Gasteiger partial charge in [0.05, 0.1) is 12.1 Å². The van der Waals surface area contributed by atoms with Gasteiger partial charge in [-0.3, -0.25) is 14.0 Å². The van der Waals surface area contributed by atoms with Crippen LogP contribution in [0.1, 0.15) is 28.2 Å². The molecule has 2 aromatic rings. The van der Waals surface area contributed by atoms with E-state index in [-0.39, 0.29) is 5.69 Å². The van der Waals surface area contributed by atoms with Crippen molar-refractivity contribution in [1.82, 2.24) is 14.7 Å². The lowest BCUT2D eigenvalue weighted by Crippen LogP contribution is -2.43. The number of hydrogen-bond acceptors (Lipinski definition) is 4. The Kier molecular flexibility index (Phi) is 4.11. The number of carboxylic acids is 1. The van der Waals surface area contributed by atoms with Gasteiger partial charge in [-0.15, -0.1) is 0 Å². The molecule has 2 heterocycles. The molecule has 2 aromatic heterocycles. The highest BCUT2D eigenvalue weighted by atomic mass is 16.4. The van der Waals surface area contributed by atoms with Crippen LogP contribution in [0.25, 0.3) is 5.65 Å². The van der Waals surface area contributed by atoms with Gasteiger partial charge in [-0.05, 0) is 31.5 Å². The normalized spacial score (nSPS) is 12.1. The molecule has 2 rings (SSSR count). The van der Waals surface area contributed by atoms with Crippen LogP contribution < -0.4 is 11.1 Å². The highest BCUT2D eigenvalue weighted by Crippen LogP contribution is 2.14. The number of primary amides is 1. The second-order valence-electron chi connectivity index (χ2n) is 5.01. The minimum absolute atomic E-state index is 0.228. The van der Waals surface area contributed by atoms with E-state index in [1.165, 1.54) is 0 Å². The standard InChI is InChI=1S/C14H16N4O4/c1-7-3-4-18-11(5-7)16-8(2)12(18)13(20)17-9(14(21)22)6-10(15)19/h3-5,9H,6H2,1-2H3,(H2,15,19)(H,17,20)(H,21,22). The number of aromatic nitrogens is 2. The third-order valence-corrected chi connectivity index (χ3v) is 3.18. The number of nitrogens with two attached hydrogens (primary N) is 1. The highest BCUT2D eigenvalue weighted by Gasteiger charge is 2.25. The fraction of sp³-hybridized carbons (Fsp3) is 0.286. The smallest absolute Gasteiger partial charge is 0.326 e. The van der Waals surface area contributed by atoms with Crippen LogP contribution in [0.2, 0.25) is 0 Å². The number of hydrogen-bond donors (Lipinski definition) is 3. The highest BCUT2D eigenvalue weighted by molar-refractivity contribution is 5.97. The number of aliphatic carboxylic acids is 1. The van der Waals surface area contributed by atoms with E-state index in [1.807, 2.05) is 19.1 Å². The zero-order valence-corrected chi connectivity index (χ0v) is 12.2. The molecule has 0 aliphatic heterocycles. The number of carbonyl (C=O) groups is 3. The summed E-state index contributed by atoms with van der Waals surface area (Å²) in [5.41, 5.74) is 7.26. The molecule has 0 spiro atoms. The maximum Gasteiger partial charge on any atom is 0.326 e. The van der Waals surface area contributed by atoms with Gasteiger partial charge < -0.3 is 16.2 Å². The van der Waals surface area contributed by atoms with E-state index in [4.69, 9.17) is 10.8 Å². The Morgan fingerprint density at radius 1 is 1.41 bits per heavy atom. The summed E-state index contributed by atoms with van der Waals surface area (Å²) in [5, 5.41) is 11.3. The molecule has 116 valence electrons. The van der Waals surface area contributed by atoms with Gasteiger partial charge in [0.2, 0.25) is 5.91 Å². The van der Waals surface area contributed by atoms with Gasteiger partial charge in [0.25, 0.3) is 5.91 Å². The first-order valence-corrected chi connectivity index (χ1v) is 6.57. The molecule has 0 aliphatic rings. The van der Waals surface area contributed by atoms with E-state index in [0.29, 0.717) is 11.3 Å². The lowest BCUT2D eigenvalue weighted by atomic mass is 10.2. The van der Waals surface area contributed by atoms with Crippen LogP contribution in [0.3, 0.4) is 0 Å². The molecule has 8 heteroatoms. The number of fused-ring (bicyclic) bond motifs is 1. The fourth-order valence-corrected chi connectivity index (χ4v) is 2.17. The van der Waals surface area contributed by atoms with Crippen molar-refractivity contribution in [3.05, 3.63) is 35.3 Å². The van der Waals surface area contributed by atoms with Crippen molar-refractivity contribution >= 4 is 23.4 Å². The van der Waals surface area contributed by atoms with Crippen LogP contribution in [-0.4, -0.2) is 38.3 Å². The molecule has 0 saturated heterocycles. The molecule has 0 saturated carbocycles. The molecule has 8 nitrogen and oxygen atoms in total. The zero-order chi connectivity index (χ0) is 16.4. The Morgan fingerprint density at radius 3 is 2.68 bits per heavy atom. The maximum absolute atomic E-state index is 12.3. The number of pyridine rings is 1. The van der Waals surface area contributed by atoms with Crippen LogP contribution >= 0.6 is 0 Å². The summed E-state index contributed by atoms with van der Waals surface area (Å²) in [7, 11) is 0. The summed E-state index contributed by atoms with van der Waals surface area (Å²) >= 11 is 0. The molecule has 2 amide bonds. The number of carbonyl (C=O) groups excluding carboxylic acids is 2. The minimum Gasteiger partial charge on any atom is -0.480 e. The van der Waals surface area contributed by atoms with Gasteiger partial charge in [-0.1, -0.05) is 0 Å². The number of amides is 2. The average molecular weight is 304 g/mol. The van der Waals surface area contributed by atoms with Crippen LogP contribution in [0.15, 0.2) is 18.3 Å². The quantitative estimate of drug-likeness (QED) is 0.717. The van der Waals surface area contributed by atoms with Gasteiger partial charge in [0.15, 0.2) is 0 Å². The van der Waals surface area contributed by atoms with E-state index in [2.05, 4.69) is 10.3 Å². The number of imidazole rings is 1. The van der Waals surface area contributed by atoms with E-state index >= 15 is 0 Å². The van der Waals surface area contributed by atoms with Gasteiger partial charge in [-0.25, -0.2) is 9.78 Å². The van der Waals surface area contributed by atoms with Crippen molar-refractivity contribution in [2.45, 2.75) is 26.3 Å². The molecule has 0 aliphatic carbocycles. The first-order chi connectivity index (χ1) is 10.3. The molecule has 0 aromatic carbocycles. The molecule has 0 radical (unpaired) electrons. The summed E-state index contributed by atoms with van der Waals surface area (Å²) in [6.07, 6.45) is 1.21. The van der Waals surface area contributed by atoms with Crippen LogP contribution in [0, 0.1) is 13.8 Å². The van der Waals surface area contributed by atoms with Crippen molar-refractivity contribution in [3.8, 4) is 0 Å².